The SMILES string of the molecule is N#Cc1cc(N2CCn3cnnc3C2)ccc1C(F)(F)F. The predicted molar refractivity (Wildman–Crippen MR) is 67.2 cm³/mol. The van der Waals surface area contributed by atoms with E-state index in [1.165, 1.54) is 12.1 Å². The molecule has 0 spiro atoms. The molecule has 2 heterocycles. The van der Waals surface area contributed by atoms with Crippen molar-refractivity contribution in [2.45, 2.75) is 19.3 Å². The smallest absolute Gasteiger partial charge is 0.362 e. The van der Waals surface area contributed by atoms with Crippen LogP contribution in [0.1, 0.15) is 17.0 Å². The van der Waals surface area contributed by atoms with E-state index in [-0.39, 0.29) is 5.56 Å². The third kappa shape index (κ3) is 2.42. The van der Waals surface area contributed by atoms with Crippen LogP contribution in [-0.2, 0) is 19.3 Å². The fourth-order valence-electron chi connectivity index (χ4n) is 2.36. The maximum atomic E-state index is 12.8. The van der Waals surface area contributed by atoms with Gasteiger partial charge in [-0.05, 0) is 18.2 Å². The molecule has 0 radical (unpaired) electrons. The van der Waals surface area contributed by atoms with Crippen LogP contribution in [0.25, 0.3) is 0 Å². The lowest BCUT2D eigenvalue weighted by Gasteiger charge is -2.29. The predicted octanol–water partition coefficient (Wildman–Crippen LogP) is 2.19. The molecule has 2 aromatic rings. The van der Waals surface area contributed by atoms with Gasteiger partial charge in [0.1, 0.15) is 6.33 Å². The number of nitrogens with zero attached hydrogens (tertiary/aromatic N) is 5. The second-order valence-corrected chi connectivity index (χ2v) is 4.70. The molecular weight excluding hydrogens is 283 g/mol. The molecule has 0 bridgehead atoms. The van der Waals surface area contributed by atoms with Gasteiger partial charge >= 0.3 is 6.18 Å². The van der Waals surface area contributed by atoms with Crippen molar-refractivity contribution in [2.75, 3.05) is 11.4 Å². The molecule has 1 aromatic carbocycles. The molecule has 0 unspecified atom stereocenters. The summed E-state index contributed by atoms with van der Waals surface area (Å²) in [4.78, 5) is 1.88. The van der Waals surface area contributed by atoms with Gasteiger partial charge in [0.15, 0.2) is 5.82 Å². The number of anilines is 1. The minimum Gasteiger partial charge on any atom is -0.362 e. The first kappa shape index (κ1) is 13.4. The Kier molecular flexibility index (Phi) is 3.05. The van der Waals surface area contributed by atoms with E-state index < -0.39 is 11.7 Å². The molecule has 8 heteroatoms. The second kappa shape index (κ2) is 4.77. The molecule has 0 aliphatic carbocycles. The van der Waals surface area contributed by atoms with Gasteiger partial charge < -0.3 is 9.47 Å². The zero-order chi connectivity index (χ0) is 15.0. The number of hydrogen-bond donors (Lipinski definition) is 0. The zero-order valence-corrected chi connectivity index (χ0v) is 10.8. The summed E-state index contributed by atoms with van der Waals surface area (Å²) >= 11 is 0. The van der Waals surface area contributed by atoms with Crippen LogP contribution in [0.15, 0.2) is 24.5 Å². The van der Waals surface area contributed by atoms with Crippen LogP contribution < -0.4 is 4.90 Å². The van der Waals surface area contributed by atoms with Crippen LogP contribution in [0.2, 0.25) is 0 Å². The van der Waals surface area contributed by atoms with Gasteiger partial charge in [-0.1, -0.05) is 0 Å². The molecule has 1 aromatic heterocycles. The lowest BCUT2D eigenvalue weighted by atomic mass is 10.1. The van der Waals surface area contributed by atoms with Gasteiger partial charge in [-0.3, -0.25) is 0 Å². The molecule has 0 fully saturated rings. The molecule has 0 saturated heterocycles. The zero-order valence-electron chi connectivity index (χ0n) is 10.8. The quantitative estimate of drug-likeness (QED) is 0.808. The number of halogens is 3. The molecule has 1 aliphatic rings. The summed E-state index contributed by atoms with van der Waals surface area (Å²) in [6.07, 6.45) is -2.90. The van der Waals surface area contributed by atoms with E-state index in [1.807, 2.05) is 9.47 Å². The molecule has 0 atom stereocenters. The summed E-state index contributed by atoms with van der Waals surface area (Å²) in [6, 6.07) is 5.22. The Morgan fingerprint density at radius 1 is 1.24 bits per heavy atom. The number of fused-ring (bicyclic) bond motifs is 1. The standard InChI is InChI=1S/C13H10F3N5/c14-13(15,16)11-2-1-10(5-9(11)6-17)20-3-4-21-8-18-19-12(21)7-20/h1-2,5,8H,3-4,7H2. The summed E-state index contributed by atoms with van der Waals surface area (Å²) in [5.41, 5.74) is -0.699. The Morgan fingerprint density at radius 2 is 2.05 bits per heavy atom. The van der Waals surface area contributed by atoms with Gasteiger partial charge in [0.2, 0.25) is 0 Å². The highest BCUT2D eigenvalue weighted by Crippen LogP contribution is 2.34. The van der Waals surface area contributed by atoms with Crippen LogP contribution in [0.3, 0.4) is 0 Å². The van der Waals surface area contributed by atoms with Crippen LogP contribution in [0.5, 0.6) is 0 Å². The number of hydrogen-bond acceptors (Lipinski definition) is 4. The van der Waals surface area contributed by atoms with E-state index in [4.69, 9.17) is 5.26 Å². The second-order valence-electron chi connectivity index (χ2n) is 4.70. The van der Waals surface area contributed by atoms with E-state index in [0.29, 0.717) is 25.3 Å². The summed E-state index contributed by atoms with van der Waals surface area (Å²) in [6.45, 7) is 1.74. The lowest BCUT2D eigenvalue weighted by molar-refractivity contribution is -0.137. The van der Waals surface area contributed by atoms with Crippen LogP contribution >= 0.6 is 0 Å². The molecule has 0 amide bonds. The monoisotopic (exact) mass is 293 g/mol. The number of alkyl halides is 3. The van der Waals surface area contributed by atoms with Crippen LogP contribution in [0.4, 0.5) is 18.9 Å². The molecule has 3 rings (SSSR count). The maximum Gasteiger partial charge on any atom is 0.417 e. The highest BCUT2D eigenvalue weighted by molar-refractivity contribution is 5.55. The van der Waals surface area contributed by atoms with E-state index in [2.05, 4.69) is 10.2 Å². The van der Waals surface area contributed by atoms with Gasteiger partial charge in [-0.15, -0.1) is 10.2 Å². The number of nitriles is 1. The molecule has 21 heavy (non-hydrogen) atoms. The van der Waals surface area contributed by atoms with Gasteiger partial charge in [-0.2, -0.15) is 18.4 Å². The van der Waals surface area contributed by atoms with E-state index in [1.54, 1.807) is 12.4 Å². The van der Waals surface area contributed by atoms with Crippen molar-refractivity contribution in [2.24, 2.45) is 0 Å². The number of aromatic nitrogens is 3. The minimum atomic E-state index is -4.52. The molecule has 0 N–H and O–H groups in total. The Balaban J connectivity index is 1.93. The molecule has 108 valence electrons. The van der Waals surface area contributed by atoms with Crippen molar-refractivity contribution in [1.29, 1.82) is 5.26 Å². The van der Waals surface area contributed by atoms with Gasteiger partial charge in [-0.25, -0.2) is 0 Å². The average molecular weight is 293 g/mol. The van der Waals surface area contributed by atoms with Crippen molar-refractivity contribution in [1.82, 2.24) is 14.8 Å². The average Bonchev–Trinajstić information content (AvgIpc) is 2.93. The largest absolute Gasteiger partial charge is 0.417 e. The fourth-order valence-corrected chi connectivity index (χ4v) is 2.36. The van der Waals surface area contributed by atoms with Crippen molar-refractivity contribution in [3.8, 4) is 6.07 Å². The first-order valence-electron chi connectivity index (χ1n) is 6.22. The Bertz CT molecular complexity index is 713. The first-order valence-corrected chi connectivity index (χ1v) is 6.22. The number of benzene rings is 1. The highest BCUT2D eigenvalue weighted by Gasteiger charge is 2.34. The fraction of sp³-hybridized carbons (Fsp3) is 0.308. The molecule has 5 nitrogen and oxygen atoms in total. The van der Waals surface area contributed by atoms with Gasteiger partial charge in [0.25, 0.3) is 0 Å². The third-order valence-electron chi connectivity index (χ3n) is 3.43. The van der Waals surface area contributed by atoms with Gasteiger partial charge in [0, 0.05) is 18.8 Å². The molecule has 1 aliphatic heterocycles. The van der Waals surface area contributed by atoms with Crippen molar-refractivity contribution < 1.29 is 13.2 Å². The van der Waals surface area contributed by atoms with Crippen LogP contribution in [0, 0.1) is 11.3 Å². The first-order chi connectivity index (χ1) is 9.99. The lowest BCUT2D eigenvalue weighted by Crippen LogP contribution is -2.33. The van der Waals surface area contributed by atoms with E-state index >= 15 is 0 Å². The van der Waals surface area contributed by atoms with Crippen molar-refractivity contribution in [3.63, 3.8) is 0 Å². The topological polar surface area (TPSA) is 57.7 Å². The summed E-state index contributed by atoms with van der Waals surface area (Å²) in [5.74, 6) is 0.750. The van der Waals surface area contributed by atoms with Crippen molar-refractivity contribution in [3.05, 3.63) is 41.5 Å². The Hall–Kier alpha value is -2.56. The maximum absolute atomic E-state index is 12.8. The van der Waals surface area contributed by atoms with Crippen molar-refractivity contribution >= 4 is 5.69 Å². The molecular formula is C13H10F3N5. The normalized spacial score (nSPS) is 14.7. The minimum absolute atomic E-state index is 0.368. The Labute approximate surface area is 118 Å². The third-order valence-corrected chi connectivity index (χ3v) is 3.43. The summed E-state index contributed by atoms with van der Waals surface area (Å²) < 4.78 is 40.2. The number of rotatable bonds is 1. The summed E-state index contributed by atoms with van der Waals surface area (Å²) in [7, 11) is 0. The van der Waals surface area contributed by atoms with E-state index in [0.717, 1.165) is 11.9 Å². The Morgan fingerprint density at radius 3 is 2.76 bits per heavy atom. The van der Waals surface area contributed by atoms with Crippen LogP contribution in [-0.4, -0.2) is 21.3 Å². The highest BCUT2D eigenvalue weighted by atomic mass is 19.4. The molecule has 0 saturated carbocycles. The van der Waals surface area contributed by atoms with E-state index in [9.17, 15) is 13.2 Å². The van der Waals surface area contributed by atoms with Gasteiger partial charge in [0.05, 0.1) is 23.7 Å². The summed E-state index contributed by atoms with van der Waals surface area (Å²) in [5, 5.41) is 16.7.